The topological polar surface area (TPSA) is 57.9 Å². The van der Waals surface area contributed by atoms with Crippen LogP contribution < -0.4 is 11.2 Å². The average Bonchev–Trinajstić information content (AvgIpc) is 1.36. The van der Waals surface area contributed by atoms with Crippen LogP contribution >= 0.6 is 0 Å². The lowest BCUT2D eigenvalue weighted by Gasteiger charge is -2.09. The maximum Gasteiger partial charge on any atom is -0.00368 e. The number of hydrogen-bond acceptors (Lipinski definition) is 2. The third-order valence-corrected chi connectivity index (χ3v) is 0.707. The monoisotopic (exact) mass is 89.1 g/mol. The van der Waals surface area contributed by atoms with Crippen molar-refractivity contribution in [3.63, 3.8) is 0 Å². The molecule has 0 saturated carbocycles. The number of rotatable bonds is 0. The second-order valence-corrected chi connectivity index (χ2v) is 1.10. The quantitative estimate of drug-likeness (QED) is 0.384. The molecule has 0 aliphatic carbocycles. The van der Waals surface area contributed by atoms with Crippen LogP contribution in [0.15, 0.2) is 0 Å². The Labute approximate surface area is 37.1 Å². The minimum absolute atomic E-state index is 1.25. The zero-order chi connectivity index (χ0) is 4.83. The van der Waals surface area contributed by atoms with Crippen molar-refractivity contribution in [1.29, 1.82) is 0 Å². The van der Waals surface area contributed by atoms with Crippen LogP contribution in [0.4, 0.5) is 0 Å². The van der Waals surface area contributed by atoms with Crippen LogP contribution in [0.5, 0.6) is 0 Å². The van der Waals surface area contributed by atoms with Crippen LogP contribution in [-0.2, 0) is 5.21 Å². The molecule has 3 nitrogen and oxygen atoms in total. The van der Waals surface area contributed by atoms with Crippen LogP contribution in [0.1, 0.15) is 6.42 Å². The first-order valence-corrected chi connectivity index (χ1v) is 1.94. The van der Waals surface area contributed by atoms with Gasteiger partial charge in [-0.05, 0) is 19.5 Å². The molecule has 0 amide bonds. The standard InChI is InChI=1S/C3H7N.H2NO/c1-2-4-3-1;1-2/h4H,1-3H2;1H2. The van der Waals surface area contributed by atoms with Crippen molar-refractivity contribution in [2.24, 2.45) is 5.90 Å². The number of nitrogens with one attached hydrogen (secondary N) is 1. The van der Waals surface area contributed by atoms with E-state index in [1.54, 1.807) is 0 Å². The van der Waals surface area contributed by atoms with Crippen molar-refractivity contribution in [3.05, 3.63) is 0 Å². The summed E-state index contributed by atoms with van der Waals surface area (Å²) in [4.78, 5) is 0. The molecule has 0 aromatic carbocycles. The second kappa shape index (κ2) is 4.88. The van der Waals surface area contributed by atoms with Crippen molar-refractivity contribution >= 4 is 0 Å². The summed E-state index contributed by atoms with van der Waals surface area (Å²) in [7, 11) is 0. The van der Waals surface area contributed by atoms with Gasteiger partial charge in [0.15, 0.2) is 0 Å². The van der Waals surface area contributed by atoms with Gasteiger partial charge in [-0.25, -0.2) is 0 Å². The lowest BCUT2D eigenvalue weighted by Crippen LogP contribution is -2.29. The molecule has 1 aliphatic heterocycles. The zero-order valence-electron chi connectivity index (χ0n) is 3.61. The molecule has 37 valence electrons. The summed E-state index contributed by atoms with van der Waals surface area (Å²) in [6.07, 6.45) is 1.39. The Morgan fingerprint density at radius 3 is 1.50 bits per heavy atom. The summed E-state index contributed by atoms with van der Waals surface area (Å²) in [5.41, 5.74) is 0. The van der Waals surface area contributed by atoms with Gasteiger partial charge >= 0.3 is 0 Å². The first-order valence-electron chi connectivity index (χ1n) is 1.94. The molecule has 0 bridgehead atoms. The smallest absolute Gasteiger partial charge is 0.00368 e. The van der Waals surface area contributed by atoms with Crippen LogP contribution in [0.3, 0.4) is 0 Å². The van der Waals surface area contributed by atoms with Gasteiger partial charge in [-0.1, -0.05) is 0 Å². The molecule has 1 rings (SSSR count). The molecule has 0 spiro atoms. The summed E-state index contributed by atoms with van der Waals surface area (Å²) in [5, 5.41) is 10.9. The summed E-state index contributed by atoms with van der Waals surface area (Å²) >= 11 is 0. The minimum Gasteiger partial charge on any atom is -0.317 e. The van der Waals surface area contributed by atoms with Crippen molar-refractivity contribution < 1.29 is 5.21 Å². The third kappa shape index (κ3) is 2.14. The van der Waals surface area contributed by atoms with E-state index >= 15 is 0 Å². The Morgan fingerprint density at radius 2 is 1.50 bits per heavy atom. The van der Waals surface area contributed by atoms with Crippen molar-refractivity contribution in [1.82, 2.24) is 5.32 Å². The van der Waals surface area contributed by atoms with Gasteiger partial charge in [0.1, 0.15) is 0 Å². The third-order valence-electron chi connectivity index (χ3n) is 0.707. The summed E-state index contributed by atoms with van der Waals surface area (Å²) in [5.74, 6) is 3.25. The molecule has 0 unspecified atom stereocenters. The van der Waals surface area contributed by atoms with E-state index in [4.69, 9.17) is 5.21 Å². The highest BCUT2D eigenvalue weighted by Crippen LogP contribution is 1.80. The van der Waals surface area contributed by atoms with Gasteiger partial charge in [0.05, 0.1) is 0 Å². The second-order valence-electron chi connectivity index (χ2n) is 1.10. The van der Waals surface area contributed by atoms with Gasteiger partial charge in [0.25, 0.3) is 0 Å². The van der Waals surface area contributed by atoms with Gasteiger partial charge in [-0.3, -0.25) is 0 Å². The summed E-state index contributed by atoms with van der Waals surface area (Å²) in [6.45, 7) is 2.50. The highest BCUT2D eigenvalue weighted by Gasteiger charge is 1.92. The fourth-order valence-corrected chi connectivity index (χ4v) is 0.177. The summed E-state index contributed by atoms with van der Waals surface area (Å²) in [6, 6.07) is 0. The predicted octanol–water partition coefficient (Wildman–Crippen LogP) is -0.730. The number of nitrogens with two attached hydrogens (primary N) is 1. The SMILES string of the molecule is C1CNC1.N[O]. The lowest BCUT2D eigenvalue weighted by atomic mass is 10.3. The highest BCUT2D eigenvalue weighted by atomic mass is 16.4. The lowest BCUT2D eigenvalue weighted by molar-refractivity contribution is 0.201. The maximum absolute atomic E-state index is 7.75. The normalized spacial score (nSPS) is 17.0. The van der Waals surface area contributed by atoms with Crippen LogP contribution in [-0.4, -0.2) is 13.1 Å². The molecule has 1 fully saturated rings. The van der Waals surface area contributed by atoms with Crippen LogP contribution in [0.25, 0.3) is 0 Å². The zero-order valence-corrected chi connectivity index (χ0v) is 3.61. The van der Waals surface area contributed by atoms with E-state index < -0.39 is 0 Å². The molecule has 1 heterocycles. The van der Waals surface area contributed by atoms with E-state index in [2.05, 4.69) is 11.2 Å². The molecule has 3 N–H and O–H groups in total. The van der Waals surface area contributed by atoms with E-state index in [1.165, 1.54) is 19.5 Å². The number of hydrogen-bond donors (Lipinski definition) is 2. The summed E-state index contributed by atoms with van der Waals surface area (Å²) < 4.78 is 0. The first-order chi connectivity index (χ1) is 3.00. The molecule has 1 saturated heterocycles. The Bertz CT molecular complexity index is 16.8. The Hall–Kier alpha value is -0.120. The largest absolute Gasteiger partial charge is 0.317 e. The van der Waals surface area contributed by atoms with E-state index in [0.29, 0.717) is 0 Å². The van der Waals surface area contributed by atoms with Crippen molar-refractivity contribution in [2.75, 3.05) is 13.1 Å². The molecule has 3 heteroatoms. The van der Waals surface area contributed by atoms with Gasteiger partial charge in [0, 0.05) is 0 Å². The molecular formula is C3H9N2O. The van der Waals surface area contributed by atoms with Gasteiger partial charge < -0.3 is 5.32 Å². The fourth-order valence-electron chi connectivity index (χ4n) is 0.177. The Balaban J connectivity index is 0.000000112. The van der Waals surface area contributed by atoms with E-state index in [0.717, 1.165) is 0 Å². The first kappa shape index (κ1) is 5.88. The highest BCUT2D eigenvalue weighted by molar-refractivity contribution is 4.56. The molecule has 1 radical (unpaired) electrons. The Kier molecular flexibility index (Phi) is 4.78. The van der Waals surface area contributed by atoms with Crippen molar-refractivity contribution in [2.45, 2.75) is 6.42 Å². The predicted molar refractivity (Wildman–Crippen MR) is 22.4 cm³/mol. The molecule has 0 aromatic rings. The molecular weight excluding hydrogens is 80.0 g/mol. The molecule has 1 aliphatic rings. The van der Waals surface area contributed by atoms with E-state index in [9.17, 15) is 0 Å². The van der Waals surface area contributed by atoms with Crippen LogP contribution in [0.2, 0.25) is 0 Å². The minimum atomic E-state index is 1.25. The maximum atomic E-state index is 7.75. The van der Waals surface area contributed by atoms with Gasteiger partial charge in [-0.15, -0.1) is 5.21 Å². The molecule has 6 heavy (non-hydrogen) atoms. The van der Waals surface area contributed by atoms with Crippen molar-refractivity contribution in [3.8, 4) is 0 Å². The molecule has 0 aromatic heterocycles. The Morgan fingerprint density at radius 1 is 1.33 bits per heavy atom. The van der Waals surface area contributed by atoms with Gasteiger partial charge in [0.2, 0.25) is 0 Å². The average molecular weight is 89.1 g/mol. The van der Waals surface area contributed by atoms with E-state index in [1.807, 2.05) is 0 Å². The van der Waals surface area contributed by atoms with Gasteiger partial charge in [-0.2, -0.15) is 5.90 Å². The van der Waals surface area contributed by atoms with E-state index in [-0.39, 0.29) is 0 Å². The fraction of sp³-hybridized carbons (Fsp3) is 1.00. The van der Waals surface area contributed by atoms with Crippen LogP contribution in [0, 0.1) is 0 Å². The molecule has 0 atom stereocenters.